The molecule has 1 aliphatic carbocycles. The van der Waals surface area contributed by atoms with Crippen LogP contribution in [0.15, 0.2) is 0 Å². The monoisotopic (exact) mass is 365 g/mol. The molecule has 2 atom stereocenters. The van der Waals surface area contributed by atoms with Crippen LogP contribution in [0.5, 0.6) is 0 Å². The lowest BCUT2D eigenvalue weighted by Crippen LogP contribution is -2.29. The van der Waals surface area contributed by atoms with Gasteiger partial charge in [-0.3, -0.25) is 0 Å². The molecule has 2 N–H and O–H groups in total. The quantitative estimate of drug-likeness (QED) is 0.495. The van der Waals surface area contributed by atoms with Crippen LogP contribution in [0.1, 0.15) is 148 Å². The number of hydrogen-bond donors (Lipinski definition) is 1. The Morgan fingerprint density at radius 2 is 0.731 bits per heavy atom. The zero-order valence-corrected chi connectivity index (χ0v) is 18.3. The molecule has 0 amide bonds. The van der Waals surface area contributed by atoms with Gasteiger partial charge in [-0.1, -0.05) is 135 Å². The minimum absolute atomic E-state index is 0.460. The molecule has 0 aromatic heterocycles. The Bertz CT molecular complexity index is 275. The summed E-state index contributed by atoms with van der Waals surface area (Å²) >= 11 is 0. The van der Waals surface area contributed by atoms with Gasteiger partial charge in [-0.2, -0.15) is 0 Å². The van der Waals surface area contributed by atoms with Gasteiger partial charge in [0.1, 0.15) is 0 Å². The van der Waals surface area contributed by atoms with Gasteiger partial charge < -0.3 is 5.73 Å². The Hall–Kier alpha value is -0.0400. The summed E-state index contributed by atoms with van der Waals surface area (Å²) < 4.78 is 0. The summed E-state index contributed by atoms with van der Waals surface area (Å²) in [5.41, 5.74) is 6.53. The molecular formula is C25H51N. The summed E-state index contributed by atoms with van der Waals surface area (Å²) in [4.78, 5) is 0. The molecule has 1 fully saturated rings. The van der Waals surface area contributed by atoms with E-state index in [1.54, 1.807) is 0 Å². The minimum Gasteiger partial charge on any atom is -0.327 e. The van der Waals surface area contributed by atoms with Crippen molar-refractivity contribution in [3.05, 3.63) is 0 Å². The van der Waals surface area contributed by atoms with Gasteiger partial charge in [0.25, 0.3) is 0 Å². The van der Waals surface area contributed by atoms with E-state index in [0.717, 1.165) is 5.92 Å². The van der Waals surface area contributed by atoms with Crippen molar-refractivity contribution < 1.29 is 0 Å². The van der Waals surface area contributed by atoms with E-state index in [1.165, 1.54) is 141 Å². The van der Waals surface area contributed by atoms with Crippen molar-refractivity contribution in [1.82, 2.24) is 0 Å². The van der Waals surface area contributed by atoms with Crippen molar-refractivity contribution in [1.29, 1.82) is 0 Å². The molecule has 2 unspecified atom stereocenters. The van der Waals surface area contributed by atoms with Crippen molar-refractivity contribution in [2.24, 2.45) is 11.7 Å². The molecule has 156 valence electrons. The lowest BCUT2D eigenvalue weighted by atomic mass is 9.88. The van der Waals surface area contributed by atoms with Crippen LogP contribution in [-0.4, -0.2) is 6.04 Å². The van der Waals surface area contributed by atoms with E-state index in [4.69, 9.17) is 5.73 Å². The molecule has 0 aliphatic heterocycles. The molecule has 1 heteroatoms. The highest BCUT2D eigenvalue weighted by atomic mass is 14.6. The first-order valence-electron chi connectivity index (χ1n) is 12.6. The summed E-state index contributed by atoms with van der Waals surface area (Å²) in [6.07, 6.45) is 31.6. The Morgan fingerprint density at radius 1 is 0.462 bits per heavy atom. The van der Waals surface area contributed by atoms with Gasteiger partial charge >= 0.3 is 0 Å². The molecule has 0 radical (unpaired) electrons. The average Bonchev–Trinajstić information content (AvgIpc) is 2.65. The molecule has 1 rings (SSSR count). The minimum atomic E-state index is 0.460. The van der Waals surface area contributed by atoms with E-state index in [1.807, 2.05) is 0 Å². The predicted octanol–water partition coefficient (Wildman–Crippen LogP) is 8.55. The first-order valence-corrected chi connectivity index (χ1v) is 12.6. The normalized spacial score (nSPS) is 28.4. The topological polar surface area (TPSA) is 26.0 Å². The maximum absolute atomic E-state index is 6.53. The summed E-state index contributed by atoms with van der Waals surface area (Å²) in [6, 6.07) is 0.460. The van der Waals surface area contributed by atoms with Gasteiger partial charge in [0.15, 0.2) is 0 Å². The van der Waals surface area contributed by atoms with Crippen molar-refractivity contribution in [3.63, 3.8) is 0 Å². The molecular weight excluding hydrogens is 314 g/mol. The van der Waals surface area contributed by atoms with Crippen molar-refractivity contribution in [2.75, 3.05) is 0 Å². The van der Waals surface area contributed by atoms with Crippen LogP contribution in [0.4, 0.5) is 0 Å². The SMILES string of the molecule is CCC1CCCCCCCCCCCCCCCCCCCCCC1N. The van der Waals surface area contributed by atoms with Crippen LogP contribution in [0.3, 0.4) is 0 Å². The lowest BCUT2D eigenvalue weighted by Gasteiger charge is -2.22. The van der Waals surface area contributed by atoms with Crippen molar-refractivity contribution >= 4 is 0 Å². The van der Waals surface area contributed by atoms with Gasteiger partial charge in [0.2, 0.25) is 0 Å². The third kappa shape index (κ3) is 14.1. The fraction of sp³-hybridized carbons (Fsp3) is 1.00. The second-order valence-electron chi connectivity index (χ2n) is 9.13. The van der Waals surface area contributed by atoms with Crippen LogP contribution >= 0.6 is 0 Å². The van der Waals surface area contributed by atoms with Gasteiger partial charge in [-0.25, -0.2) is 0 Å². The lowest BCUT2D eigenvalue weighted by molar-refractivity contribution is 0.342. The molecule has 0 spiro atoms. The second kappa shape index (κ2) is 18.3. The Kier molecular flexibility index (Phi) is 16.9. The predicted molar refractivity (Wildman–Crippen MR) is 119 cm³/mol. The average molecular weight is 366 g/mol. The van der Waals surface area contributed by atoms with E-state index in [2.05, 4.69) is 6.92 Å². The Labute approximate surface area is 166 Å². The highest BCUT2D eigenvalue weighted by Crippen LogP contribution is 2.22. The fourth-order valence-electron chi connectivity index (χ4n) is 4.75. The zero-order valence-electron chi connectivity index (χ0n) is 18.3. The molecule has 0 heterocycles. The molecule has 0 aromatic rings. The van der Waals surface area contributed by atoms with Crippen LogP contribution in [-0.2, 0) is 0 Å². The summed E-state index contributed by atoms with van der Waals surface area (Å²) in [7, 11) is 0. The smallest absolute Gasteiger partial charge is 0.00670 e. The second-order valence-corrected chi connectivity index (χ2v) is 9.13. The summed E-state index contributed by atoms with van der Waals surface area (Å²) in [5, 5.41) is 0. The zero-order chi connectivity index (χ0) is 18.7. The van der Waals surface area contributed by atoms with Crippen LogP contribution in [0.2, 0.25) is 0 Å². The van der Waals surface area contributed by atoms with E-state index in [-0.39, 0.29) is 0 Å². The Morgan fingerprint density at radius 3 is 1.04 bits per heavy atom. The summed E-state index contributed by atoms with van der Waals surface area (Å²) in [5.74, 6) is 0.775. The number of rotatable bonds is 1. The van der Waals surface area contributed by atoms with Gasteiger partial charge in [0, 0.05) is 6.04 Å². The van der Waals surface area contributed by atoms with E-state index in [0.29, 0.717) is 6.04 Å². The number of hydrogen-bond acceptors (Lipinski definition) is 1. The van der Waals surface area contributed by atoms with Gasteiger partial charge in [0.05, 0.1) is 0 Å². The standard InChI is InChI=1S/C25H51N/c1-2-24-22-20-18-16-14-12-10-8-6-4-3-5-7-9-11-13-15-17-19-21-23-25(24)26/h24-25H,2-23,26H2,1H3. The maximum Gasteiger partial charge on any atom is 0.00670 e. The highest BCUT2D eigenvalue weighted by Gasteiger charge is 2.15. The van der Waals surface area contributed by atoms with Crippen molar-refractivity contribution in [3.8, 4) is 0 Å². The van der Waals surface area contributed by atoms with Gasteiger partial charge in [-0.05, 0) is 18.8 Å². The highest BCUT2D eigenvalue weighted by molar-refractivity contribution is 4.72. The first kappa shape index (κ1) is 24.0. The summed E-state index contributed by atoms with van der Waals surface area (Å²) in [6.45, 7) is 2.34. The van der Waals surface area contributed by atoms with Crippen LogP contribution in [0, 0.1) is 5.92 Å². The number of nitrogens with two attached hydrogens (primary N) is 1. The molecule has 0 bridgehead atoms. The molecule has 1 nitrogen and oxygen atoms in total. The van der Waals surface area contributed by atoms with Crippen LogP contribution in [0.25, 0.3) is 0 Å². The third-order valence-electron chi connectivity index (χ3n) is 6.74. The van der Waals surface area contributed by atoms with Gasteiger partial charge in [-0.15, -0.1) is 0 Å². The van der Waals surface area contributed by atoms with Crippen molar-refractivity contribution in [2.45, 2.75) is 154 Å². The molecule has 0 aromatic carbocycles. The fourth-order valence-corrected chi connectivity index (χ4v) is 4.75. The van der Waals surface area contributed by atoms with E-state index in [9.17, 15) is 0 Å². The molecule has 1 aliphatic rings. The van der Waals surface area contributed by atoms with E-state index < -0.39 is 0 Å². The Balaban J connectivity index is 2.21. The molecule has 0 saturated heterocycles. The third-order valence-corrected chi connectivity index (χ3v) is 6.74. The molecule has 1 saturated carbocycles. The largest absolute Gasteiger partial charge is 0.327 e. The first-order chi connectivity index (χ1) is 12.8. The van der Waals surface area contributed by atoms with Crippen LogP contribution < -0.4 is 5.73 Å². The van der Waals surface area contributed by atoms with E-state index >= 15 is 0 Å². The molecule has 26 heavy (non-hydrogen) atoms. The maximum atomic E-state index is 6.53.